The number of nitrogens with zero attached hydrogens (tertiary/aromatic N) is 2. The van der Waals surface area contributed by atoms with Gasteiger partial charge in [-0.3, -0.25) is 9.59 Å². The number of hydrogen-bond donors (Lipinski definition) is 2. The van der Waals surface area contributed by atoms with E-state index in [4.69, 9.17) is 14.9 Å². The molecule has 0 spiro atoms. The van der Waals surface area contributed by atoms with Gasteiger partial charge in [-0.2, -0.15) is 0 Å². The van der Waals surface area contributed by atoms with Gasteiger partial charge in [0, 0.05) is 20.2 Å². The van der Waals surface area contributed by atoms with Crippen molar-refractivity contribution in [3.05, 3.63) is 0 Å². The summed E-state index contributed by atoms with van der Waals surface area (Å²) in [5, 5.41) is 17.2. The highest BCUT2D eigenvalue weighted by Crippen LogP contribution is 1.97. The first-order valence-electron chi connectivity index (χ1n) is 5.39. The smallest absolute Gasteiger partial charge is 0.323 e. The Morgan fingerprint density at radius 3 is 2.00 bits per heavy atom. The third-order valence-electron chi connectivity index (χ3n) is 2.02. The number of carboxylic acid groups (broad SMARTS) is 2. The molecule has 0 unspecified atom stereocenters. The van der Waals surface area contributed by atoms with Crippen LogP contribution in [0.3, 0.4) is 0 Å². The molecule has 0 rings (SSSR count). The molecule has 0 bridgehead atoms. The summed E-state index contributed by atoms with van der Waals surface area (Å²) in [5.74, 6) is -2.52. The normalized spacial score (nSPS) is 9.89. The van der Waals surface area contributed by atoms with Crippen molar-refractivity contribution in [2.24, 2.45) is 0 Å². The summed E-state index contributed by atoms with van der Waals surface area (Å²) in [7, 11) is 1.46. The van der Waals surface area contributed by atoms with Crippen LogP contribution >= 0.6 is 0 Å². The Hall–Kier alpha value is -1.83. The second-order valence-electron chi connectivity index (χ2n) is 3.54. The third-order valence-corrected chi connectivity index (χ3v) is 2.02. The highest BCUT2D eigenvalue weighted by Gasteiger charge is 2.22. The molecule has 0 aliphatic rings. The molecule has 104 valence electrons. The van der Waals surface area contributed by atoms with Crippen LogP contribution < -0.4 is 0 Å². The van der Waals surface area contributed by atoms with Gasteiger partial charge in [-0.15, -0.1) is 0 Å². The van der Waals surface area contributed by atoms with Crippen molar-refractivity contribution in [2.45, 2.75) is 6.92 Å². The van der Waals surface area contributed by atoms with Crippen LogP contribution in [0.15, 0.2) is 0 Å². The summed E-state index contributed by atoms with van der Waals surface area (Å²) in [4.78, 5) is 34.8. The molecular formula is C10H18N2O6. The number of hydrogen-bond acceptors (Lipinski definition) is 4. The quantitative estimate of drug-likeness (QED) is 0.573. The zero-order valence-electron chi connectivity index (χ0n) is 10.5. The summed E-state index contributed by atoms with van der Waals surface area (Å²) in [5.41, 5.74) is 0. The second kappa shape index (κ2) is 8.29. The third kappa shape index (κ3) is 6.69. The first-order valence-corrected chi connectivity index (χ1v) is 5.39. The van der Waals surface area contributed by atoms with E-state index in [1.807, 2.05) is 6.92 Å². The molecule has 0 aliphatic heterocycles. The highest BCUT2D eigenvalue weighted by molar-refractivity contribution is 5.84. The number of carboxylic acids is 2. The van der Waals surface area contributed by atoms with E-state index in [0.717, 1.165) is 4.90 Å². The number of aliphatic carboxylic acids is 2. The van der Waals surface area contributed by atoms with Crippen molar-refractivity contribution in [1.29, 1.82) is 0 Å². The van der Waals surface area contributed by atoms with Crippen molar-refractivity contribution < 1.29 is 29.3 Å². The molecule has 0 fully saturated rings. The maximum absolute atomic E-state index is 11.8. The Kier molecular flexibility index (Phi) is 7.45. The molecule has 2 amide bonds. The van der Waals surface area contributed by atoms with Crippen molar-refractivity contribution in [3.63, 3.8) is 0 Å². The van der Waals surface area contributed by atoms with E-state index in [2.05, 4.69) is 0 Å². The molecule has 2 N–H and O–H groups in total. The van der Waals surface area contributed by atoms with Gasteiger partial charge < -0.3 is 24.7 Å². The molecule has 0 saturated carbocycles. The number of carbonyl (C=O) groups excluding carboxylic acids is 1. The van der Waals surface area contributed by atoms with Crippen molar-refractivity contribution in [3.8, 4) is 0 Å². The summed E-state index contributed by atoms with van der Waals surface area (Å²) in [6.45, 7) is 1.60. The van der Waals surface area contributed by atoms with Gasteiger partial charge in [0.1, 0.15) is 13.1 Å². The van der Waals surface area contributed by atoms with Crippen LogP contribution in [0.4, 0.5) is 4.79 Å². The van der Waals surface area contributed by atoms with Gasteiger partial charge in [-0.1, -0.05) is 0 Å². The number of rotatable bonds is 8. The van der Waals surface area contributed by atoms with Crippen molar-refractivity contribution in [1.82, 2.24) is 9.80 Å². The zero-order chi connectivity index (χ0) is 14.1. The first-order chi connectivity index (χ1) is 8.38. The fraction of sp³-hybridized carbons (Fsp3) is 0.700. The van der Waals surface area contributed by atoms with Gasteiger partial charge in [-0.05, 0) is 6.92 Å². The molecule has 0 saturated heterocycles. The fourth-order valence-electron chi connectivity index (χ4n) is 1.20. The van der Waals surface area contributed by atoms with E-state index in [0.29, 0.717) is 13.2 Å². The van der Waals surface area contributed by atoms with Gasteiger partial charge in [0.2, 0.25) is 0 Å². The fourth-order valence-corrected chi connectivity index (χ4v) is 1.20. The topological polar surface area (TPSA) is 107 Å². The molecule has 8 heteroatoms. The lowest BCUT2D eigenvalue weighted by Crippen LogP contribution is -2.46. The Morgan fingerprint density at radius 1 is 1.11 bits per heavy atom. The predicted molar refractivity (Wildman–Crippen MR) is 61.4 cm³/mol. The van der Waals surface area contributed by atoms with Crippen molar-refractivity contribution in [2.75, 3.05) is 39.9 Å². The molecule has 0 atom stereocenters. The largest absolute Gasteiger partial charge is 0.480 e. The lowest BCUT2D eigenvalue weighted by atomic mass is 10.4. The lowest BCUT2D eigenvalue weighted by Gasteiger charge is -2.25. The van der Waals surface area contributed by atoms with Gasteiger partial charge in [-0.25, -0.2) is 4.79 Å². The summed E-state index contributed by atoms with van der Waals surface area (Å²) >= 11 is 0. The maximum atomic E-state index is 11.8. The molecule has 0 aliphatic carbocycles. The highest BCUT2D eigenvalue weighted by atomic mass is 16.5. The standard InChI is InChI=1S/C10H18N2O6/c1-3-18-5-4-11(2)10(17)12(6-8(13)14)7-9(15)16/h3-7H2,1-2H3,(H,13,14)(H,15,16). The minimum atomic E-state index is -1.26. The number of ether oxygens (including phenoxy) is 1. The minimum absolute atomic E-state index is 0.266. The molecule has 0 heterocycles. The predicted octanol–water partition coefficient (Wildman–Crippen LogP) is -0.454. The van der Waals surface area contributed by atoms with Crippen LogP contribution in [0, 0.1) is 0 Å². The maximum Gasteiger partial charge on any atom is 0.323 e. The van der Waals surface area contributed by atoms with E-state index in [1.165, 1.54) is 11.9 Å². The van der Waals surface area contributed by atoms with Crippen LogP contribution in [0.1, 0.15) is 6.92 Å². The van der Waals surface area contributed by atoms with E-state index in [9.17, 15) is 14.4 Å². The van der Waals surface area contributed by atoms with Gasteiger partial charge in [0.25, 0.3) is 0 Å². The van der Waals surface area contributed by atoms with E-state index < -0.39 is 31.1 Å². The average Bonchev–Trinajstić information content (AvgIpc) is 2.26. The van der Waals surface area contributed by atoms with Crippen LogP contribution in [-0.2, 0) is 14.3 Å². The lowest BCUT2D eigenvalue weighted by molar-refractivity contribution is -0.140. The molecular weight excluding hydrogens is 244 g/mol. The van der Waals surface area contributed by atoms with E-state index >= 15 is 0 Å². The summed E-state index contributed by atoms with van der Waals surface area (Å²) in [6.07, 6.45) is 0. The molecule has 18 heavy (non-hydrogen) atoms. The number of amides is 2. The molecule has 0 aromatic heterocycles. The SMILES string of the molecule is CCOCCN(C)C(=O)N(CC(=O)O)CC(=O)O. The number of urea groups is 1. The number of likely N-dealkylation sites (N-methyl/N-ethyl adjacent to an activating group) is 1. The monoisotopic (exact) mass is 262 g/mol. The second-order valence-corrected chi connectivity index (χ2v) is 3.54. The van der Waals surface area contributed by atoms with E-state index in [1.54, 1.807) is 0 Å². The van der Waals surface area contributed by atoms with Gasteiger partial charge >= 0.3 is 18.0 Å². The molecule has 0 aromatic rings. The first kappa shape index (κ1) is 16.2. The minimum Gasteiger partial charge on any atom is -0.480 e. The van der Waals surface area contributed by atoms with Gasteiger partial charge in [0.05, 0.1) is 6.61 Å². The Balaban J connectivity index is 4.42. The van der Waals surface area contributed by atoms with Gasteiger partial charge in [0.15, 0.2) is 0 Å². The van der Waals surface area contributed by atoms with Crippen LogP contribution in [-0.4, -0.2) is 77.9 Å². The van der Waals surface area contributed by atoms with Crippen molar-refractivity contribution >= 4 is 18.0 Å². The van der Waals surface area contributed by atoms with E-state index in [-0.39, 0.29) is 6.54 Å². The molecule has 8 nitrogen and oxygen atoms in total. The Labute approximate surface area is 105 Å². The van der Waals surface area contributed by atoms with Crippen LogP contribution in [0.25, 0.3) is 0 Å². The van der Waals surface area contributed by atoms with Crippen LogP contribution in [0.2, 0.25) is 0 Å². The summed E-state index contributed by atoms with van der Waals surface area (Å²) in [6, 6.07) is -0.653. The Bertz CT molecular complexity index is 291. The molecule has 0 radical (unpaired) electrons. The molecule has 0 aromatic carbocycles. The average molecular weight is 262 g/mol. The number of carbonyl (C=O) groups is 3. The zero-order valence-corrected chi connectivity index (χ0v) is 10.5. The van der Waals surface area contributed by atoms with Crippen LogP contribution in [0.5, 0.6) is 0 Å². The Morgan fingerprint density at radius 2 is 1.61 bits per heavy atom. The summed E-state index contributed by atoms with van der Waals surface area (Å²) < 4.78 is 5.05.